The van der Waals surface area contributed by atoms with E-state index in [1.54, 1.807) is 11.3 Å². The molecule has 0 N–H and O–H groups in total. The molecule has 2 aromatic rings. The molecule has 0 aliphatic carbocycles. The van der Waals surface area contributed by atoms with E-state index in [4.69, 9.17) is 0 Å². The summed E-state index contributed by atoms with van der Waals surface area (Å²) < 4.78 is 0. The lowest BCUT2D eigenvalue weighted by molar-refractivity contribution is 0.287. The summed E-state index contributed by atoms with van der Waals surface area (Å²) in [5.74, 6) is 7.60. The largest absolute Gasteiger partial charge is 0.353 e. The van der Waals surface area contributed by atoms with Crippen LogP contribution in [0.25, 0.3) is 0 Å². The molecule has 1 aromatic heterocycles. The van der Waals surface area contributed by atoms with Gasteiger partial charge in [0.05, 0.1) is 12.1 Å². The van der Waals surface area contributed by atoms with Gasteiger partial charge in [-0.3, -0.25) is 4.90 Å². The van der Waals surface area contributed by atoms with E-state index in [1.165, 1.54) is 0 Å². The average Bonchev–Trinajstić information content (AvgIpc) is 3.03. The first kappa shape index (κ1) is 13.2. The molecule has 0 unspecified atom stereocenters. The minimum atomic E-state index is 0.847. The van der Waals surface area contributed by atoms with Crippen molar-refractivity contribution >= 4 is 17.2 Å². The maximum atomic E-state index is 4.36. The number of hydrogen-bond acceptors (Lipinski definition) is 4. The Labute approximate surface area is 123 Å². The maximum absolute atomic E-state index is 4.36. The molecule has 1 fully saturated rings. The Morgan fingerprint density at radius 3 is 2.60 bits per heavy atom. The van der Waals surface area contributed by atoms with Crippen LogP contribution >= 0.6 is 11.3 Å². The molecule has 0 amide bonds. The highest BCUT2D eigenvalue weighted by Gasteiger charge is 2.17. The van der Waals surface area contributed by atoms with E-state index in [2.05, 4.69) is 32.0 Å². The summed E-state index contributed by atoms with van der Waals surface area (Å²) in [7, 11) is 0. The van der Waals surface area contributed by atoms with Gasteiger partial charge in [-0.2, -0.15) is 0 Å². The zero-order chi connectivity index (χ0) is 13.6. The van der Waals surface area contributed by atoms with Crippen molar-refractivity contribution < 1.29 is 0 Å². The molecule has 1 aliphatic heterocycles. The normalized spacial score (nSPS) is 15.7. The van der Waals surface area contributed by atoms with Crippen LogP contribution in [-0.2, 0) is 0 Å². The predicted octanol–water partition coefficient (Wildman–Crippen LogP) is 2.32. The SMILES string of the molecule is C(#Cc1ccccc1)CN1CCN(c2cscn2)CC1. The summed E-state index contributed by atoms with van der Waals surface area (Å²) in [5, 5.41) is 2.12. The first-order chi connectivity index (χ1) is 9.92. The summed E-state index contributed by atoms with van der Waals surface area (Å²) in [6.07, 6.45) is 0. The van der Waals surface area contributed by atoms with Gasteiger partial charge in [-0.15, -0.1) is 11.3 Å². The van der Waals surface area contributed by atoms with Gasteiger partial charge in [-0.05, 0) is 12.1 Å². The van der Waals surface area contributed by atoms with Crippen LogP contribution in [-0.4, -0.2) is 42.6 Å². The summed E-state index contributed by atoms with van der Waals surface area (Å²) >= 11 is 1.66. The third-order valence-electron chi connectivity index (χ3n) is 3.42. The number of nitrogens with zero attached hydrogens (tertiary/aromatic N) is 3. The van der Waals surface area contributed by atoms with E-state index in [9.17, 15) is 0 Å². The van der Waals surface area contributed by atoms with Crippen LogP contribution in [0.2, 0.25) is 0 Å². The van der Waals surface area contributed by atoms with Gasteiger partial charge in [0.15, 0.2) is 0 Å². The molecule has 1 saturated heterocycles. The van der Waals surface area contributed by atoms with Gasteiger partial charge in [-0.1, -0.05) is 30.0 Å². The van der Waals surface area contributed by atoms with Crippen molar-refractivity contribution in [1.29, 1.82) is 0 Å². The van der Waals surface area contributed by atoms with Crippen molar-refractivity contribution in [2.24, 2.45) is 0 Å². The zero-order valence-corrected chi connectivity index (χ0v) is 12.1. The number of benzene rings is 1. The number of aromatic nitrogens is 1. The Hall–Kier alpha value is -1.83. The summed E-state index contributed by atoms with van der Waals surface area (Å²) in [5.41, 5.74) is 2.99. The molecule has 0 bridgehead atoms. The number of anilines is 1. The van der Waals surface area contributed by atoms with E-state index in [0.717, 1.165) is 44.1 Å². The molecule has 4 heteroatoms. The quantitative estimate of drug-likeness (QED) is 0.789. The van der Waals surface area contributed by atoms with Crippen molar-refractivity contribution in [1.82, 2.24) is 9.88 Å². The Morgan fingerprint density at radius 2 is 1.90 bits per heavy atom. The predicted molar refractivity (Wildman–Crippen MR) is 84.1 cm³/mol. The minimum absolute atomic E-state index is 0.847. The van der Waals surface area contributed by atoms with Gasteiger partial charge in [0.2, 0.25) is 0 Å². The summed E-state index contributed by atoms with van der Waals surface area (Å²) in [6.45, 7) is 5.04. The molecule has 0 radical (unpaired) electrons. The molecule has 102 valence electrons. The number of hydrogen-bond donors (Lipinski definition) is 0. The smallest absolute Gasteiger partial charge is 0.139 e. The second-order valence-electron chi connectivity index (χ2n) is 4.78. The molecule has 3 rings (SSSR count). The number of thiazole rings is 1. The molecule has 3 nitrogen and oxygen atoms in total. The summed E-state index contributed by atoms with van der Waals surface area (Å²) in [6, 6.07) is 10.2. The van der Waals surface area contributed by atoms with Crippen LogP contribution in [0.5, 0.6) is 0 Å². The van der Waals surface area contributed by atoms with E-state index in [0.29, 0.717) is 0 Å². The fourth-order valence-electron chi connectivity index (χ4n) is 2.27. The number of rotatable bonds is 2. The standard InChI is InChI=1S/C16H17N3S/c1-2-5-15(6-3-1)7-4-8-18-9-11-19(12-10-18)16-13-20-14-17-16/h1-3,5-6,13-14H,8-12H2. The van der Waals surface area contributed by atoms with Crippen molar-refractivity contribution in [3.63, 3.8) is 0 Å². The van der Waals surface area contributed by atoms with Gasteiger partial charge in [-0.25, -0.2) is 4.98 Å². The van der Waals surface area contributed by atoms with Gasteiger partial charge in [0.25, 0.3) is 0 Å². The fourth-order valence-corrected chi connectivity index (χ4v) is 2.83. The first-order valence-electron chi connectivity index (χ1n) is 6.81. The molecule has 1 aromatic carbocycles. The van der Waals surface area contributed by atoms with E-state index < -0.39 is 0 Å². The van der Waals surface area contributed by atoms with Crippen molar-refractivity contribution in [3.8, 4) is 11.8 Å². The Bertz CT molecular complexity index is 575. The highest BCUT2D eigenvalue weighted by molar-refractivity contribution is 7.07. The molecule has 0 saturated carbocycles. The highest BCUT2D eigenvalue weighted by atomic mass is 32.1. The van der Waals surface area contributed by atoms with Gasteiger partial charge >= 0.3 is 0 Å². The third kappa shape index (κ3) is 3.38. The Balaban J connectivity index is 1.49. The molecular formula is C16H17N3S. The van der Waals surface area contributed by atoms with Crippen LogP contribution < -0.4 is 4.90 Å². The van der Waals surface area contributed by atoms with Crippen molar-refractivity contribution in [2.75, 3.05) is 37.6 Å². The molecule has 0 atom stereocenters. The summed E-state index contributed by atoms with van der Waals surface area (Å²) in [4.78, 5) is 9.11. The van der Waals surface area contributed by atoms with Crippen LogP contribution in [0.4, 0.5) is 5.82 Å². The van der Waals surface area contributed by atoms with Crippen LogP contribution in [0.15, 0.2) is 41.2 Å². The average molecular weight is 283 g/mol. The second-order valence-corrected chi connectivity index (χ2v) is 5.50. The molecule has 20 heavy (non-hydrogen) atoms. The van der Waals surface area contributed by atoms with Crippen LogP contribution in [0.1, 0.15) is 5.56 Å². The zero-order valence-electron chi connectivity index (χ0n) is 11.3. The lowest BCUT2D eigenvalue weighted by Crippen LogP contribution is -2.46. The first-order valence-corrected chi connectivity index (χ1v) is 7.75. The van der Waals surface area contributed by atoms with Crippen molar-refractivity contribution in [2.45, 2.75) is 0 Å². The second kappa shape index (κ2) is 6.56. The molecule has 0 spiro atoms. The molecule has 2 heterocycles. The van der Waals surface area contributed by atoms with E-state index in [-0.39, 0.29) is 0 Å². The number of piperazine rings is 1. The van der Waals surface area contributed by atoms with Crippen molar-refractivity contribution in [3.05, 3.63) is 46.8 Å². The van der Waals surface area contributed by atoms with Crippen LogP contribution in [0, 0.1) is 11.8 Å². The van der Waals surface area contributed by atoms with E-state index >= 15 is 0 Å². The van der Waals surface area contributed by atoms with Gasteiger partial charge < -0.3 is 4.90 Å². The highest BCUT2D eigenvalue weighted by Crippen LogP contribution is 2.15. The van der Waals surface area contributed by atoms with Gasteiger partial charge in [0.1, 0.15) is 5.82 Å². The Kier molecular flexibility index (Phi) is 4.32. The third-order valence-corrected chi connectivity index (χ3v) is 4.00. The lowest BCUT2D eigenvalue weighted by Gasteiger charge is -2.33. The van der Waals surface area contributed by atoms with Gasteiger partial charge in [0, 0.05) is 37.1 Å². The fraction of sp³-hybridized carbons (Fsp3) is 0.312. The monoisotopic (exact) mass is 283 g/mol. The van der Waals surface area contributed by atoms with Crippen LogP contribution in [0.3, 0.4) is 0 Å². The topological polar surface area (TPSA) is 19.4 Å². The molecular weight excluding hydrogens is 266 g/mol. The minimum Gasteiger partial charge on any atom is -0.353 e. The lowest BCUT2D eigenvalue weighted by atomic mass is 10.2. The van der Waals surface area contributed by atoms with E-state index in [1.807, 2.05) is 35.8 Å². The maximum Gasteiger partial charge on any atom is 0.139 e. The molecule has 1 aliphatic rings. The Morgan fingerprint density at radius 1 is 1.10 bits per heavy atom.